The van der Waals surface area contributed by atoms with E-state index >= 15 is 0 Å². The lowest BCUT2D eigenvalue weighted by atomic mass is 9.48. The van der Waals surface area contributed by atoms with Crippen LogP contribution in [0, 0.1) is 23.6 Å². The van der Waals surface area contributed by atoms with Gasteiger partial charge < -0.3 is 10.2 Å². The Morgan fingerprint density at radius 2 is 1.51 bits per heavy atom. The Kier molecular flexibility index (Phi) is 8.21. The summed E-state index contributed by atoms with van der Waals surface area (Å²) in [6, 6.07) is 12.7. The summed E-state index contributed by atoms with van der Waals surface area (Å²) in [6.45, 7) is 4.53. The van der Waals surface area contributed by atoms with Crippen LogP contribution >= 0.6 is 0 Å². The number of hydrogen-bond donors (Lipinski definition) is 1. The first-order chi connectivity index (χ1) is 19.3. The topological polar surface area (TPSA) is 86.8 Å². The van der Waals surface area contributed by atoms with Crippen LogP contribution in [0.15, 0.2) is 48.5 Å². The number of halogens is 1. The van der Waals surface area contributed by atoms with E-state index in [1.807, 2.05) is 26.0 Å². The van der Waals surface area contributed by atoms with Crippen molar-refractivity contribution in [3.63, 3.8) is 0 Å². The van der Waals surface area contributed by atoms with Crippen molar-refractivity contribution in [3.8, 4) is 0 Å². The molecular formula is C32H42FN3O4S. The molecule has 4 fully saturated rings. The van der Waals surface area contributed by atoms with Crippen LogP contribution in [0.4, 0.5) is 10.1 Å². The Morgan fingerprint density at radius 1 is 0.951 bits per heavy atom. The lowest BCUT2D eigenvalue weighted by molar-refractivity contribution is -0.139. The van der Waals surface area contributed by atoms with Crippen LogP contribution in [0.1, 0.15) is 70.4 Å². The number of benzene rings is 2. The second-order valence-electron chi connectivity index (χ2n) is 13.0. The molecule has 6 rings (SSSR count). The van der Waals surface area contributed by atoms with Gasteiger partial charge in [0.2, 0.25) is 21.8 Å². The number of hydrogen-bond acceptors (Lipinski definition) is 4. The molecule has 0 aliphatic heterocycles. The van der Waals surface area contributed by atoms with Gasteiger partial charge in [-0.1, -0.05) is 30.3 Å². The van der Waals surface area contributed by atoms with Crippen molar-refractivity contribution in [2.45, 2.75) is 83.3 Å². The lowest BCUT2D eigenvalue weighted by Crippen LogP contribution is -2.52. The molecule has 4 saturated carbocycles. The molecule has 1 N–H and O–H groups in total. The zero-order chi connectivity index (χ0) is 29.5. The summed E-state index contributed by atoms with van der Waals surface area (Å²) in [7, 11) is -3.84. The van der Waals surface area contributed by atoms with Gasteiger partial charge in [-0.05, 0) is 106 Å². The number of carbonyl (C=O) groups is 2. The van der Waals surface area contributed by atoms with Crippen LogP contribution < -0.4 is 9.62 Å². The molecule has 41 heavy (non-hydrogen) atoms. The maximum Gasteiger partial charge on any atom is 0.244 e. The number of carbonyl (C=O) groups excluding carboxylic acids is 2. The van der Waals surface area contributed by atoms with Gasteiger partial charge in [0, 0.05) is 18.2 Å². The largest absolute Gasteiger partial charge is 0.352 e. The minimum absolute atomic E-state index is 0.157. The molecule has 0 aromatic heterocycles. The highest BCUT2D eigenvalue weighted by atomic mass is 32.2. The molecule has 4 aliphatic rings. The van der Waals surface area contributed by atoms with Crippen molar-refractivity contribution in [3.05, 3.63) is 65.5 Å². The maximum absolute atomic E-state index is 14.6. The van der Waals surface area contributed by atoms with E-state index < -0.39 is 40.2 Å². The quantitative estimate of drug-likeness (QED) is 0.427. The van der Waals surface area contributed by atoms with Crippen molar-refractivity contribution in [2.75, 3.05) is 17.1 Å². The van der Waals surface area contributed by atoms with Crippen molar-refractivity contribution in [1.29, 1.82) is 0 Å². The van der Waals surface area contributed by atoms with Gasteiger partial charge in [0.15, 0.2) is 0 Å². The van der Waals surface area contributed by atoms with Gasteiger partial charge in [-0.3, -0.25) is 13.9 Å². The zero-order valence-corrected chi connectivity index (χ0v) is 25.3. The summed E-state index contributed by atoms with van der Waals surface area (Å²) < 4.78 is 41.6. The highest BCUT2D eigenvalue weighted by Crippen LogP contribution is 2.60. The molecule has 2 amide bonds. The van der Waals surface area contributed by atoms with Crippen molar-refractivity contribution in [2.24, 2.45) is 17.8 Å². The number of rotatable bonds is 10. The normalized spacial score (nSPS) is 25.7. The highest BCUT2D eigenvalue weighted by Gasteiger charge is 2.51. The molecular weight excluding hydrogens is 541 g/mol. The van der Waals surface area contributed by atoms with Crippen LogP contribution in [0.5, 0.6) is 0 Å². The minimum atomic E-state index is -3.84. The maximum atomic E-state index is 14.6. The molecule has 1 atom stereocenters. The standard InChI is InChI=1S/C32H42FN3O4S/c1-21(2)34-31(38)22(3)35(19-26-7-5-6-8-29(26)33)30(37)20-36(41(4,39)40)28-11-9-27(10-12-28)32-16-23-13-24(17-32)15-25(14-23)18-32/h5-12,21-25H,13-20H2,1-4H3,(H,34,38)/t22-,23?,24?,25?,32?/m0/s1. The average molecular weight is 584 g/mol. The summed E-state index contributed by atoms with van der Waals surface area (Å²) in [5.41, 5.74) is 2.09. The number of nitrogens with zero attached hydrogens (tertiary/aromatic N) is 2. The van der Waals surface area contributed by atoms with Gasteiger partial charge in [0.1, 0.15) is 18.4 Å². The summed E-state index contributed by atoms with van der Waals surface area (Å²) in [6.07, 6.45) is 8.72. The Morgan fingerprint density at radius 3 is 2.02 bits per heavy atom. The molecule has 4 aliphatic carbocycles. The monoisotopic (exact) mass is 583 g/mol. The van der Waals surface area contributed by atoms with Crippen molar-refractivity contribution in [1.82, 2.24) is 10.2 Å². The van der Waals surface area contributed by atoms with E-state index in [9.17, 15) is 22.4 Å². The van der Waals surface area contributed by atoms with E-state index in [0.717, 1.165) is 28.3 Å². The second kappa shape index (κ2) is 11.4. The predicted octanol–water partition coefficient (Wildman–Crippen LogP) is 5.00. The number of amides is 2. The van der Waals surface area contributed by atoms with Crippen LogP contribution in [0.25, 0.3) is 0 Å². The van der Waals surface area contributed by atoms with Gasteiger partial charge in [0.05, 0.1) is 11.9 Å². The molecule has 0 radical (unpaired) electrons. The van der Waals surface area contributed by atoms with Crippen LogP contribution in [-0.4, -0.2) is 50.0 Å². The summed E-state index contributed by atoms with van der Waals surface area (Å²) in [5, 5.41) is 2.80. The third kappa shape index (κ3) is 6.30. The fraction of sp³-hybridized carbons (Fsp3) is 0.562. The van der Waals surface area contributed by atoms with E-state index in [4.69, 9.17) is 0 Å². The first-order valence-electron chi connectivity index (χ1n) is 14.8. The van der Waals surface area contributed by atoms with Gasteiger partial charge in [0.25, 0.3) is 0 Å². The number of nitrogens with one attached hydrogen (secondary N) is 1. The third-order valence-corrected chi connectivity index (χ3v) is 10.5. The van der Waals surface area contributed by atoms with Gasteiger partial charge in [-0.2, -0.15) is 0 Å². The van der Waals surface area contributed by atoms with Crippen molar-refractivity contribution < 1.29 is 22.4 Å². The summed E-state index contributed by atoms with van der Waals surface area (Å²) in [5.74, 6) is 0.900. The lowest BCUT2D eigenvalue weighted by Gasteiger charge is -2.57. The summed E-state index contributed by atoms with van der Waals surface area (Å²) >= 11 is 0. The molecule has 7 nitrogen and oxygen atoms in total. The van der Waals surface area contributed by atoms with Gasteiger partial charge >= 0.3 is 0 Å². The second-order valence-corrected chi connectivity index (χ2v) is 14.9. The van der Waals surface area contributed by atoms with E-state index in [2.05, 4.69) is 5.32 Å². The average Bonchev–Trinajstić information content (AvgIpc) is 2.89. The fourth-order valence-corrected chi connectivity index (χ4v) is 8.71. The van der Waals surface area contributed by atoms with E-state index in [1.54, 1.807) is 37.3 Å². The Labute approximate surface area is 243 Å². The van der Waals surface area contributed by atoms with Gasteiger partial charge in [-0.15, -0.1) is 0 Å². The summed E-state index contributed by atoms with van der Waals surface area (Å²) in [4.78, 5) is 27.9. The van der Waals surface area contributed by atoms with E-state index in [0.29, 0.717) is 5.69 Å². The van der Waals surface area contributed by atoms with Crippen LogP contribution in [-0.2, 0) is 31.6 Å². The fourth-order valence-electron chi connectivity index (χ4n) is 7.86. The molecule has 9 heteroatoms. The van der Waals surface area contributed by atoms with Crippen LogP contribution in [0.2, 0.25) is 0 Å². The third-order valence-electron chi connectivity index (χ3n) is 9.38. The Balaban J connectivity index is 1.39. The van der Waals surface area contributed by atoms with Gasteiger partial charge in [-0.25, -0.2) is 12.8 Å². The van der Waals surface area contributed by atoms with E-state index in [1.165, 1.54) is 55.1 Å². The first-order valence-corrected chi connectivity index (χ1v) is 16.6. The first kappa shape index (κ1) is 29.5. The number of anilines is 1. The Bertz CT molecular complexity index is 1360. The molecule has 0 heterocycles. The highest BCUT2D eigenvalue weighted by molar-refractivity contribution is 7.92. The molecule has 0 saturated heterocycles. The van der Waals surface area contributed by atoms with E-state index in [-0.39, 0.29) is 23.6 Å². The van der Waals surface area contributed by atoms with Crippen LogP contribution in [0.3, 0.4) is 0 Å². The smallest absolute Gasteiger partial charge is 0.244 e. The zero-order valence-electron chi connectivity index (χ0n) is 24.5. The molecule has 222 valence electrons. The molecule has 2 aromatic rings. The SMILES string of the molecule is CC(C)NC(=O)[C@H](C)N(Cc1ccccc1F)C(=O)CN(c1ccc(C23CC4CC(CC(C4)C2)C3)cc1)S(C)(=O)=O. The van der Waals surface area contributed by atoms with Crippen molar-refractivity contribution >= 4 is 27.5 Å². The molecule has 0 spiro atoms. The molecule has 4 bridgehead atoms. The number of sulfonamides is 1. The molecule has 2 aromatic carbocycles. The minimum Gasteiger partial charge on any atom is -0.352 e. The Hall–Kier alpha value is -2.94. The predicted molar refractivity (Wildman–Crippen MR) is 158 cm³/mol. The molecule has 0 unspecified atom stereocenters.